The summed E-state index contributed by atoms with van der Waals surface area (Å²) < 4.78 is 5.50. The standard InChI is InChI=1S/C39H66N6O7/c1-9-11-15-28(31(46)34(48)40-21-10-2)42-33(47)30-27(25(3)4)18-22-45(30)35(49)32(39(8)19-13-12-14-20-39)44-36(50)43-29(38(5,6)7)24-52-37(51)41-23-26-16-17-26/h10,25-30,32H,2,9,11-24H2,1,3-8H3,(H,40,48)(H,41,51)(H,42,47)(H2,43,44,50)/t27-,28?,29-,30?,32?/m1/s1. The van der Waals surface area contributed by atoms with Crippen LogP contribution >= 0.6 is 0 Å². The van der Waals surface area contributed by atoms with Gasteiger partial charge in [0.1, 0.15) is 18.7 Å². The molecule has 1 heterocycles. The Labute approximate surface area is 310 Å². The number of rotatable bonds is 18. The lowest BCUT2D eigenvalue weighted by atomic mass is 9.70. The average molecular weight is 731 g/mol. The highest BCUT2D eigenvalue weighted by molar-refractivity contribution is 6.38. The molecular weight excluding hydrogens is 664 g/mol. The zero-order valence-electron chi connectivity index (χ0n) is 32.7. The number of carbonyl (C=O) groups excluding carboxylic acids is 6. The van der Waals surface area contributed by atoms with Gasteiger partial charge in [-0.15, -0.1) is 6.58 Å². The Bertz CT molecular complexity index is 1270. The molecule has 1 saturated heterocycles. The van der Waals surface area contributed by atoms with Crippen LogP contribution in [0.15, 0.2) is 12.7 Å². The van der Waals surface area contributed by atoms with Gasteiger partial charge in [-0.25, -0.2) is 9.59 Å². The lowest BCUT2D eigenvalue weighted by Gasteiger charge is -2.43. The highest BCUT2D eigenvalue weighted by Crippen LogP contribution is 2.41. The largest absolute Gasteiger partial charge is 0.447 e. The number of hydrogen-bond acceptors (Lipinski definition) is 7. The maximum atomic E-state index is 14.8. The summed E-state index contributed by atoms with van der Waals surface area (Å²) in [7, 11) is 0. The van der Waals surface area contributed by atoms with Crippen molar-refractivity contribution in [3.05, 3.63) is 12.7 Å². The van der Waals surface area contributed by atoms with E-state index < -0.39 is 64.7 Å². The predicted molar refractivity (Wildman–Crippen MR) is 200 cm³/mol. The summed E-state index contributed by atoms with van der Waals surface area (Å²) in [5.41, 5.74) is -1.04. The van der Waals surface area contributed by atoms with Crippen molar-refractivity contribution < 1.29 is 33.5 Å². The van der Waals surface area contributed by atoms with E-state index in [1.165, 1.54) is 6.08 Å². The number of ketones is 1. The van der Waals surface area contributed by atoms with E-state index in [2.05, 4.69) is 33.2 Å². The van der Waals surface area contributed by atoms with Gasteiger partial charge in [0.15, 0.2) is 0 Å². The molecule has 2 saturated carbocycles. The smallest absolute Gasteiger partial charge is 0.407 e. The zero-order chi connectivity index (χ0) is 38.6. The van der Waals surface area contributed by atoms with Crippen molar-refractivity contribution in [1.82, 2.24) is 31.5 Å². The summed E-state index contributed by atoms with van der Waals surface area (Å²) in [5.74, 6) is -1.99. The molecule has 3 unspecified atom stereocenters. The maximum absolute atomic E-state index is 14.8. The number of likely N-dealkylation sites (tertiary alicyclic amines) is 1. The van der Waals surface area contributed by atoms with Crippen LogP contribution in [0, 0.1) is 28.6 Å². The number of urea groups is 1. The van der Waals surface area contributed by atoms with E-state index in [1.54, 1.807) is 4.90 Å². The molecule has 0 bridgehead atoms. The van der Waals surface area contributed by atoms with Crippen molar-refractivity contribution >= 4 is 35.6 Å². The third kappa shape index (κ3) is 12.2. The van der Waals surface area contributed by atoms with E-state index in [4.69, 9.17) is 4.74 Å². The molecule has 0 radical (unpaired) electrons. The number of Topliss-reactive ketones (excluding diaryl/α,β-unsaturated/α-hetero) is 1. The Morgan fingerprint density at radius 2 is 1.63 bits per heavy atom. The SMILES string of the molecule is C=CCNC(=O)C(=O)C(CCCC)NC(=O)C1[C@@H](C(C)C)CCN1C(=O)C(NC(=O)N[C@H](COC(=O)NCC1CC1)C(C)(C)C)C1(C)CCCCC1. The van der Waals surface area contributed by atoms with Gasteiger partial charge in [0, 0.05) is 19.6 Å². The van der Waals surface area contributed by atoms with E-state index in [9.17, 15) is 28.8 Å². The van der Waals surface area contributed by atoms with Gasteiger partial charge in [-0.2, -0.15) is 0 Å². The highest BCUT2D eigenvalue weighted by atomic mass is 16.5. The van der Waals surface area contributed by atoms with Gasteiger partial charge in [0.05, 0.1) is 12.1 Å². The molecule has 3 aliphatic rings. The van der Waals surface area contributed by atoms with Crippen molar-refractivity contribution in [2.45, 2.75) is 143 Å². The van der Waals surface area contributed by atoms with Crippen molar-refractivity contribution in [3.63, 3.8) is 0 Å². The van der Waals surface area contributed by atoms with Gasteiger partial charge in [-0.05, 0) is 67.1 Å². The number of nitrogens with one attached hydrogen (secondary N) is 5. The minimum Gasteiger partial charge on any atom is -0.447 e. The van der Waals surface area contributed by atoms with E-state index in [0.29, 0.717) is 38.3 Å². The van der Waals surface area contributed by atoms with Crippen LogP contribution in [0.1, 0.15) is 119 Å². The fourth-order valence-corrected chi connectivity index (χ4v) is 7.39. The summed E-state index contributed by atoms with van der Waals surface area (Å²) in [5, 5.41) is 14.2. The molecular formula is C39H66N6O7. The first-order valence-corrected chi connectivity index (χ1v) is 19.5. The van der Waals surface area contributed by atoms with Crippen LogP contribution in [0.2, 0.25) is 0 Å². The fraction of sp³-hybridized carbons (Fsp3) is 0.795. The first kappa shape index (κ1) is 42.8. The molecule has 0 aromatic rings. The Hall–Kier alpha value is -3.64. The molecule has 13 heteroatoms. The summed E-state index contributed by atoms with van der Waals surface area (Å²) >= 11 is 0. The molecule has 0 aromatic heterocycles. The summed E-state index contributed by atoms with van der Waals surface area (Å²) in [4.78, 5) is 82.6. The van der Waals surface area contributed by atoms with E-state index >= 15 is 0 Å². The van der Waals surface area contributed by atoms with Gasteiger partial charge in [0.25, 0.3) is 5.91 Å². The van der Waals surface area contributed by atoms with Gasteiger partial charge in [-0.1, -0.05) is 86.6 Å². The molecule has 3 fully saturated rings. The second kappa shape index (κ2) is 19.4. The summed E-state index contributed by atoms with van der Waals surface area (Å²) in [6.07, 6.45) is 9.70. The highest BCUT2D eigenvalue weighted by Gasteiger charge is 2.50. The molecule has 5 atom stereocenters. The summed E-state index contributed by atoms with van der Waals surface area (Å²) in [6.45, 7) is 18.4. The first-order valence-electron chi connectivity index (χ1n) is 19.5. The number of unbranched alkanes of at least 4 members (excludes halogenated alkanes) is 1. The molecule has 2 aliphatic carbocycles. The number of hydrogen-bond donors (Lipinski definition) is 5. The van der Waals surface area contributed by atoms with Crippen LogP contribution in [-0.2, 0) is 23.9 Å². The molecule has 52 heavy (non-hydrogen) atoms. The number of nitrogens with zero attached hydrogens (tertiary/aromatic N) is 1. The topological polar surface area (TPSA) is 175 Å². The van der Waals surface area contributed by atoms with Crippen LogP contribution < -0.4 is 26.6 Å². The second-order valence-electron chi connectivity index (χ2n) is 16.8. The monoisotopic (exact) mass is 730 g/mol. The number of ether oxygens (including phenoxy) is 1. The van der Waals surface area contributed by atoms with E-state index in [1.807, 2.05) is 48.5 Å². The lowest BCUT2D eigenvalue weighted by Crippen LogP contribution is -2.63. The maximum Gasteiger partial charge on any atom is 0.407 e. The fourth-order valence-electron chi connectivity index (χ4n) is 7.39. The average Bonchev–Trinajstić information content (AvgIpc) is 3.82. The molecule has 0 spiro atoms. The van der Waals surface area contributed by atoms with E-state index in [-0.39, 0.29) is 30.9 Å². The van der Waals surface area contributed by atoms with Crippen molar-refractivity contribution in [2.75, 3.05) is 26.2 Å². The molecule has 1 aliphatic heterocycles. The van der Waals surface area contributed by atoms with Crippen molar-refractivity contribution in [3.8, 4) is 0 Å². The van der Waals surface area contributed by atoms with Crippen LogP contribution in [0.3, 0.4) is 0 Å². The number of carbonyl (C=O) groups is 6. The second-order valence-corrected chi connectivity index (χ2v) is 16.8. The molecule has 3 rings (SSSR count). The quantitative estimate of drug-likeness (QED) is 0.101. The Morgan fingerprint density at radius 3 is 2.21 bits per heavy atom. The Kier molecular flexibility index (Phi) is 16.0. The van der Waals surface area contributed by atoms with Gasteiger partial charge in [0.2, 0.25) is 17.6 Å². The van der Waals surface area contributed by atoms with Crippen molar-refractivity contribution in [1.29, 1.82) is 0 Å². The first-order chi connectivity index (χ1) is 24.5. The molecule has 6 amide bonds. The van der Waals surface area contributed by atoms with E-state index in [0.717, 1.165) is 51.4 Å². The summed E-state index contributed by atoms with van der Waals surface area (Å²) in [6, 6.07) is -3.95. The van der Waals surface area contributed by atoms with Gasteiger partial charge < -0.3 is 36.2 Å². The third-order valence-corrected chi connectivity index (χ3v) is 11.1. The van der Waals surface area contributed by atoms with Crippen LogP contribution in [0.4, 0.5) is 9.59 Å². The minimum absolute atomic E-state index is 0.0444. The molecule has 0 aromatic carbocycles. The van der Waals surface area contributed by atoms with Crippen LogP contribution in [-0.4, -0.2) is 90.9 Å². The van der Waals surface area contributed by atoms with Crippen LogP contribution in [0.25, 0.3) is 0 Å². The Balaban J connectivity index is 1.85. The minimum atomic E-state index is -1.04. The van der Waals surface area contributed by atoms with Crippen molar-refractivity contribution in [2.24, 2.45) is 28.6 Å². The number of alkyl carbamates (subject to hydrolysis) is 1. The molecule has 5 N–H and O–H groups in total. The predicted octanol–water partition coefficient (Wildman–Crippen LogP) is 4.59. The zero-order valence-corrected chi connectivity index (χ0v) is 32.7. The van der Waals surface area contributed by atoms with Crippen LogP contribution in [0.5, 0.6) is 0 Å². The normalized spacial score (nSPS) is 21.7. The lowest BCUT2D eigenvalue weighted by molar-refractivity contribution is -0.145. The molecule has 13 nitrogen and oxygen atoms in total. The number of amides is 6. The Morgan fingerprint density at radius 1 is 0.962 bits per heavy atom. The molecule has 294 valence electrons. The van der Waals surface area contributed by atoms with Gasteiger partial charge >= 0.3 is 12.1 Å². The van der Waals surface area contributed by atoms with Gasteiger partial charge in [-0.3, -0.25) is 19.2 Å². The third-order valence-electron chi connectivity index (χ3n) is 11.1.